The van der Waals surface area contributed by atoms with E-state index in [4.69, 9.17) is 4.74 Å². The van der Waals surface area contributed by atoms with E-state index in [9.17, 15) is 0 Å². The number of ether oxygens (including phenoxy) is 1. The molecule has 1 unspecified atom stereocenters. The molecule has 0 radical (unpaired) electrons. The van der Waals surface area contributed by atoms with Crippen LogP contribution in [-0.4, -0.2) is 13.2 Å². The predicted molar refractivity (Wildman–Crippen MR) is 65.4 cm³/mol. The van der Waals surface area contributed by atoms with Crippen molar-refractivity contribution < 1.29 is 10.5 Å². The highest BCUT2D eigenvalue weighted by Crippen LogP contribution is 2.32. The van der Waals surface area contributed by atoms with Gasteiger partial charge in [0.25, 0.3) is 0 Å². The minimum Gasteiger partial charge on any atom is -0.493 e. The van der Waals surface area contributed by atoms with Crippen molar-refractivity contribution in [2.24, 2.45) is 5.92 Å². The lowest BCUT2D eigenvalue weighted by molar-refractivity contribution is -0.369. The molecule has 1 saturated carbocycles. The smallest absolute Gasteiger partial charge is 0.122 e. The predicted octanol–water partition coefficient (Wildman–Crippen LogP) is 2.21. The Hall–Kier alpha value is -1.02. The standard InChI is InChI=1S/C14H21NO/c1-11(8-9-15)13-4-2-3-5-14(13)16-10-12-6-7-12/h2-5,11-12H,6-10,15H2,1H3/p+1. The van der Waals surface area contributed by atoms with Crippen LogP contribution in [-0.2, 0) is 0 Å². The first-order chi connectivity index (χ1) is 7.81. The van der Waals surface area contributed by atoms with E-state index >= 15 is 0 Å². The second-order valence-electron chi connectivity index (χ2n) is 4.84. The molecule has 3 N–H and O–H groups in total. The normalized spacial score (nSPS) is 17.1. The van der Waals surface area contributed by atoms with Gasteiger partial charge in [-0.05, 0) is 36.3 Å². The van der Waals surface area contributed by atoms with Gasteiger partial charge in [-0.25, -0.2) is 0 Å². The maximum absolute atomic E-state index is 5.91. The molecule has 0 saturated heterocycles. The number of hydrogen-bond acceptors (Lipinski definition) is 1. The Morgan fingerprint density at radius 2 is 2.12 bits per heavy atom. The van der Waals surface area contributed by atoms with Crippen molar-refractivity contribution >= 4 is 0 Å². The van der Waals surface area contributed by atoms with Crippen LogP contribution in [0.1, 0.15) is 37.7 Å². The van der Waals surface area contributed by atoms with Gasteiger partial charge in [0.1, 0.15) is 5.75 Å². The number of benzene rings is 1. The van der Waals surface area contributed by atoms with Gasteiger partial charge in [0.05, 0.1) is 13.2 Å². The molecule has 2 rings (SSSR count). The van der Waals surface area contributed by atoms with E-state index in [1.807, 2.05) is 0 Å². The van der Waals surface area contributed by atoms with Gasteiger partial charge in [0.15, 0.2) is 0 Å². The van der Waals surface area contributed by atoms with E-state index < -0.39 is 0 Å². The van der Waals surface area contributed by atoms with Gasteiger partial charge in [0.2, 0.25) is 0 Å². The molecule has 0 amide bonds. The fourth-order valence-corrected chi connectivity index (χ4v) is 1.97. The highest BCUT2D eigenvalue weighted by molar-refractivity contribution is 5.35. The summed E-state index contributed by atoms with van der Waals surface area (Å²) in [5.74, 6) is 2.44. The largest absolute Gasteiger partial charge is 0.493 e. The highest BCUT2D eigenvalue weighted by atomic mass is 16.5. The van der Waals surface area contributed by atoms with Crippen LogP contribution in [0.15, 0.2) is 24.3 Å². The molecular weight excluding hydrogens is 198 g/mol. The van der Waals surface area contributed by atoms with Gasteiger partial charge < -0.3 is 10.5 Å². The van der Waals surface area contributed by atoms with E-state index in [0.717, 1.165) is 31.2 Å². The monoisotopic (exact) mass is 220 g/mol. The number of rotatable bonds is 6. The van der Waals surface area contributed by atoms with Crippen molar-refractivity contribution in [1.29, 1.82) is 0 Å². The Balaban J connectivity index is 2.02. The molecule has 1 aromatic carbocycles. The van der Waals surface area contributed by atoms with Gasteiger partial charge >= 0.3 is 0 Å². The van der Waals surface area contributed by atoms with Crippen LogP contribution >= 0.6 is 0 Å². The Kier molecular flexibility index (Phi) is 3.83. The van der Waals surface area contributed by atoms with Gasteiger partial charge in [-0.2, -0.15) is 0 Å². The first-order valence-electron chi connectivity index (χ1n) is 6.32. The summed E-state index contributed by atoms with van der Waals surface area (Å²) in [5, 5.41) is 0. The van der Waals surface area contributed by atoms with Crippen LogP contribution in [0.2, 0.25) is 0 Å². The van der Waals surface area contributed by atoms with Crippen LogP contribution in [0.4, 0.5) is 0 Å². The number of quaternary nitrogens is 1. The van der Waals surface area contributed by atoms with Crippen LogP contribution in [0.5, 0.6) is 5.75 Å². The van der Waals surface area contributed by atoms with Crippen molar-refractivity contribution in [2.45, 2.75) is 32.1 Å². The summed E-state index contributed by atoms with van der Waals surface area (Å²) in [7, 11) is 0. The summed E-state index contributed by atoms with van der Waals surface area (Å²) in [6.45, 7) is 4.14. The Labute approximate surface area is 97.8 Å². The molecule has 2 heteroatoms. The van der Waals surface area contributed by atoms with Crippen molar-refractivity contribution in [3.05, 3.63) is 29.8 Å². The topological polar surface area (TPSA) is 36.9 Å². The van der Waals surface area contributed by atoms with Crippen molar-refractivity contribution in [1.82, 2.24) is 0 Å². The molecule has 2 nitrogen and oxygen atoms in total. The Morgan fingerprint density at radius 3 is 2.81 bits per heavy atom. The molecule has 0 aromatic heterocycles. The molecule has 0 spiro atoms. The fourth-order valence-electron chi connectivity index (χ4n) is 1.97. The summed E-state index contributed by atoms with van der Waals surface area (Å²) in [4.78, 5) is 0. The maximum atomic E-state index is 5.91. The fraction of sp³-hybridized carbons (Fsp3) is 0.571. The van der Waals surface area contributed by atoms with Crippen LogP contribution in [0.25, 0.3) is 0 Å². The van der Waals surface area contributed by atoms with Gasteiger partial charge in [-0.1, -0.05) is 25.1 Å². The zero-order chi connectivity index (χ0) is 11.4. The summed E-state index contributed by atoms with van der Waals surface area (Å²) in [6, 6.07) is 8.43. The molecule has 0 bridgehead atoms. The molecular formula is C14H22NO+. The molecule has 16 heavy (non-hydrogen) atoms. The number of para-hydroxylation sites is 1. The highest BCUT2D eigenvalue weighted by Gasteiger charge is 2.22. The average molecular weight is 220 g/mol. The van der Waals surface area contributed by atoms with Crippen molar-refractivity contribution in [3.8, 4) is 5.75 Å². The lowest BCUT2D eigenvalue weighted by atomic mass is 9.97. The van der Waals surface area contributed by atoms with Crippen LogP contribution in [0, 0.1) is 5.92 Å². The minimum atomic E-state index is 0.549. The molecule has 1 atom stereocenters. The van der Waals surface area contributed by atoms with E-state index in [2.05, 4.69) is 36.9 Å². The maximum Gasteiger partial charge on any atom is 0.122 e. The average Bonchev–Trinajstić information content (AvgIpc) is 3.11. The summed E-state index contributed by atoms with van der Waals surface area (Å²) >= 11 is 0. The van der Waals surface area contributed by atoms with E-state index in [-0.39, 0.29) is 0 Å². The molecule has 1 fully saturated rings. The number of hydrogen-bond donors (Lipinski definition) is 1. The molecule has 1 aromatic rings. The zero-order valence-electron chi connectivity index (χ0n) is 10.1. The third-order valence-electron chi connectivity index (χ3n) is 3.26. The second-order valence-corrected chi connectivity index (χ2v) is 4.84. The zero-order valence-corrected chi connectivity index (χ0v) is 10.1. The SMILES string of the molecule is CC(CC[NH3+])c1ccccc1OCC1CC1. The minimum absolute atomic E-state index is 0.549. The molecule has 0 aliphatic heterocycles. The molecule has 88 valence electrons. The lowest BCUT2D eigenvalue weighted by Crippen LogP contribution is -2.50. The van der Waals surface area contributed by atoms with Gasteiger partial charge in [-0.15, -0.1) is 0 Å². The van der Waals surface area contributed by atoms with Crippen LogP contribution < -0.4 is 10.5 Å². The lowest BCUT2D eigenvalue weighted by Gasteiger charge is -2.15. The Morgan fingerprint density at radius 1 is 1.38 bits per heavy atom. The van der Waals surface area contributed by atoms with E-state index in [1.54, 1.807) is 0 Å². The van der Waals surface area contributed by atoms with Gasteiger partial charge in [0, 0.05) is 6.42 Å². The van der Waals surface area contributed by atoms with E-state index in [1.165, 1.54) is 18.4 Å². The quantitative estimate of drug-likeness (QED) is 0.784. The third kappa shape index (κ3) is 2.99. The van der Waals surface area contributed by atoms with Crippen molar-refractivity contribution in [3.63, 3.8) is 0 Å². The Bertz CT molecular complexity index is 333. The summed E-state index contributed by atoms with van der Waals surface area (Å²) < 4.78 is 5.91. The van der Waals surface area contributed by atoms with Gasteiger partial charge in [-0.3, -0.25) is 0 Å². The molecule has 1 aliphatic carbocycles. The first kappa shape index (κ1) is 11.5. The molecule has 0 heterocycles. The van der Waals surface area contributed by atoms with Crippen LogP contribution in [0.3, 0.4) is 0 Å². The van der Waals surface area contributed by atoms with Crippen molar-refractivity contribution in [2.75, 3.05) is 13.2 Å². The summed E-state index contributed by atoms with van der Waals surface area (Å²) in [6.07, 6.45) is 3.82. The summed E-state index contributed by atoms with van der Waals surface area (Å²) in [5.41, 5.74) is 5.26. The third-order valence-corrected chi connectivity index (χ3v) is 3.26. The second kappa shape index (κ2) is 5.35. The van der Waals surface area contributed by atoms with E-state index in [0.29, 0.717) is 5.92 Å². The molecule has 1 aliphatic rings. The first-order valence-corrected chi connectivity index (χ1v) is 6.32.